The molecule has 2 rings (SSSR count). The number of hydrogen-bond acceptors (Lipinski definition) is 3. The Morgan fingerprint density at radius 1 is 1.41 bits per heavy atom. The van der Waals surface area contributed by atoms with E-state index >= 15 is 0 Å². The molecule has 0 aromatic heterocycles. The first kappa shape index (κ1) is 12.8. The summed E-state index contributed by atoms with van der Waals surface area (Å²) in [6.07, 6.45) is -0.301. The number of β-amino-alcohol motifs (C(OH)–C–C–N with tert-alkyl or cyclic N) is 1. The molecule has 1 heterocycles. The molecule has 3 atom stereocenters. The number of benzene rings is 1. The van der Waals surface area contributed by atoms with Gasteiger partial charge in [-0.15, -0.1) is 0 Å². The van der Waals surface area contributed by atoms with E-state index in [1.807, 2.05) is 31.3 Å². The molecule has 0 amide bonds. The molecule has 17 heavy (non-hydrogen) atoms. The fourth-order valence-corrected chi connectivity index (χ4v) is 2.68. The zero-order valence-corrected chi connectivity index (χ0v) is 11.0. The third-order valence-corrected chi connectivity index (χ3v) is 3.98. The van der Waals surface area contributed by atoms with Crippen LogP contribution in [0.3, 0.4) is 0 Å². The molecule has 1 fully saturated rings. The average Bonchev–Trinajstić information content (AvgIpc) is 2.74. The number of aliphatic hydroxyl groups is 1. The summed E-state index contributed by atoms with van der Waals surface area (Å²) >= 11 is 6.20. The van der Waals surface area contributed by atoms with E-state index in [1.165, 1.54) is 0 Å². The molecule has 0 saturated carbocycles. The van der Waals surface area contributed by atoms with Crippen LogP contribution in [0.1, 0.15) is 18.5 Å². The van der Waals surface area contributed by atoms with E-state index in [-0.39, 0.29) is 18.2 Å². The Kier molecular flexibility index (Phi) is 4.05. The summed E-state index contributed by atoms with van der Waals surface area (Å²) in [6, 6.07) is 8.23. The first-order valence-electron chi connectivity index (χ1n) is 5.96. The number of hydrogen-bond donors (Lipinski definition) is 2. The highest BCUT2D eigenvalue weighted by molar-refractivity contribution is 6.31. The van der Waals surface area contributed by atoms with E-state index in [0.717, 1.165) is 17.1 Å². The molecule has 0 bridgehead atoms. The lowest BCUT2D eigenvalue weighted by atomic mass is 10.0. The van der Waals surface area contributed by atoms with Crippen LogP contribution in [-0.4, -0.2) is 42.3 Å². The standard InChI is InChI=1S/C13H19ClN2O/c1-9(10-5-3-4-6-11(10)14)16(2)12-7-15-8-13(12)17/h3-6,9,12-13,15,17H,7-8H2,1-2H3. The minimum absolute atomic E-state index is 0.154. The monoisotopic (exact) mass is 254 g/mol. The molecule has 2 N–H and O–H groups in total. The van der Waals surface area contributed by atoms with Crippen LogP contribution < -0.4 is 5.32 Å². The van der Waals surface area contributed by atoms with Crippen LogP contribution in [0, 0.1) is 0 Å². The minimum Gasteiger partial charge on any atom is -0.390 e. The van der Waals surface area contributed by atoms with Gasteiger partial charge in [0, 0.05) is 30.2 Å². The number of nitrogens with one attached hydrogen (secondary N) is 1. The molecule has 1 aliphatic heterocycles. The van der Waals surface area contributed by atoms with Crippen molar-refractivity contribution < 1.29 is 5.11 Å². The lowest BCUT2D eigenvalue weighted by molar-refractivity contribution is 0.0777. The summed E-state index contributed by atoms with van der Waals surface area (Å²) in [4.78, 5) is 2.19. The molecule has 1 aromatic carbocycles. The van der Waals surface area contributed by atoms with Crippen molar-refractivity contribution in [3.05, 3.63) is 34.9 Å². The van der Waals surface area contributed by atoms with Crippen molar-refractivity contribution >= 4 is 11.6 Å². The Hall–Kier alpha value is -0.610. The lowest BCUT2D eigenvalue weighted by Gasteiger charge is -2.32. The number of rotatable bonds is 3. The molecule has 3 nitrogen and oxygen atoms in total. The van der Waals surface area contributed by atoms with Crippen molar-refractivity contribution in [1.82, 2.24) is 10.2 Å². The number of aliphatic hydroxyl groups excluding tert-OH is 1. The predicted octanol–water partition coefficient (Wildman–Crippen LogP) is 1.67. The maximum absolute atomic E-state index is 9.89. The van der Waals surface area contributed by atoms with Crippen molar-refractivity contribution in [3.8, 4) is 0 Å². The van der Waals surface area contributed by atoms with Gasteiger partial charge in [-0.2, -0.15) is 0 Å². The van der Waals surface area contributed by atoms with Gasteiger partial charge < -0.3 is 10.4 Å². The molecular weight excluding hydrogens is 236 g/mol. The Balaban J connectivity index is 2.14. The van der Waals surface area contributed by atoms with Crippen molar-refractivity contribution in [1.29, 1.82) is 0 Å². The molecule has 1 aromatic rings. The van der Waals surface area contributed by atoms with Gasteiger partial charge in [0.15, 0.2) is 0 Å². The van der Waals surface area contributed by atoms with E-state index in [9.17, 15) is 5.11 Å². The maximum atomic E-state index is 9.89. The van der Waals surface area contributed by atoms with Crippen LogP contribution in [0.5, 0.6) is 0 Å². The third-order valence-electron chi connectivity index (χ3n) is 3.64. The smallest absolute Gasteiger partial charge is 0.0831 e. The van der Waals surface area contributed by atoms with Crippen molar-refractivity contribution in [2.75, 3.05) is 20.1 Å². The van der Waals surface area contributed by atoms with Crippen LogP contribution in [0.25, 0.3) is 0 Å². The van der Waals surface area contributed by atoms with Gasteiger partial charge in [-0.05, 0) is 25.6 Å². The molecule has 0 radical (unpaired) electrons. The SMILES string of the molecule is CC(c1ccccc1Cl)N(C)C1CNCC1O. The molecule has 1 saturated heterocycles. The Labute approximate surface area is 107 Å². The van der Waals surface area contributed by atoms with Crippen molar-refractivity contribution in [2.45, 2.75) is 25.1 Å². The Morgan fingerprint density at radius 3 is 2.71 bits per heavy atom. The third kappa shape index (κ3) is 2.63. The van der Waals surface area contributed by atoms with E-state index in [1.54, 1.807) is 0 Å². The first-order chi connectivity index (χ1) is 8.11. The van der Waals surface area contributed by atoms with Gasteiger partial charge in [-0.25, -0.2) is 0 Å². The second-order valence-electron chi connectivity index (χ2n) is 4.66. The Bertz CT molecular complexity index is 385. The van der Waals surface area contributed by atoms with Crippen LogP contribution in [0.2, 0.25) is 5.02 Å². The summed E-state index contributed by atoms with van der Waals surface area (Å²) < 4.78 is 0. The molecule has 4 heteroatoms. The predicted molar refractivity (Wildman–Crippen MR) is 70.3 cm³/mol. The largest absolute Gasteiger partial charge is 0.390 e. The van der Waals surface area contributed by atoms with E-state index < -0.39 is 0 Å². The fourth-order valence-electron chi connectivity index (χ4n) is 2.39. The summed E-state index contributed by atoms with van der Waals surface area (Å²) in [5.41, 5.74) is 1.11. The summed E-state index contributed by atoms with van der Waals surface area (Å²) in [5, 5.41) is 13.9. The minimum atomic E-state index is -0.301. The molecule has 94 valence electrons. The molecule has 1 aliphatic rings. The van der Waals surface area contributed by atoms with Gasteiger partial charge in [0.05, 0.1) is 6.10 Å². The molecule has 0 spiro atoms. The highest BCUT2D eigenvalue weighted by atomic mass is 35.5. The molecule has 0 aliphatic carbocycles. The topological polar surface area (TPSA) is 35.5 Å². The van der Waals surface area contributed by atoms with Crippen LogP contribution >= 0.6 is 11.6 Å². The van der Waals surface area contributed by atoms with Crippen molar-refractivity contribution in [2.24, 2.45) is 0 Å². The summed E-state index contributed by atoms with van der Waals surface area (Å²) in [6.45, 7) is 3.61. The van der Waals surface area contributed by atoms with Gasteiger partial charge in [0.1, 0.15) is 0 Å². The first-order valence-corrected chi connectivity index (χ1v) is 6.34. The number of likely N-dealkylation sites (N-methyl/N-ethyl adjacent to an activating group) is 1. The highest BCUT2D eigenvalue weighted by Crippen LogP contribution is 2.28. The normalized spacial score (nSPS) is 26.4. The van der Waals surface area contributed by atoms with Crippen molar-refractivity contribution in [3.63, 3.8) is 0 Å². The van der Waals surface area contributed by atoms with Crippen LogP contribution in [0.15, 0.2) is 24.3 Å². The molecular formula is C13H19ClN2O. The van der Waals surface area contributed by atoms with Gasteiger partial charge in [-0.1, -0.05) is 29.8 Å². The number of nitrogens with zero attached hydrogens (tertiary/aromatic N) is 1. The van der Waals surface area contributed by atoms with Gasteiger partial charge in [0.25, 0.3) is 0 Å². The van der Waals surface area contributed by atoms with Gasteiger partial charge in [-0.3, -0.25) is 4.90 Å². The average molecular weight is 255 g/mol. The van der Waals surface area contributed by atoms with E-state index in [0.29, 0.717) is 6.54 Å². The number of halogens is 1. The fraction of sp³-hybridized carbons (Fsp3) is 0.538. The van der Waals surface area contributed by atoms with Crippen LogP contribution in [-0.2, 0) is 0 Å². The van der Waals surface area contributed by atoms with Gasteiger partial charge in [0.2, 0.25) is 0 Å². The van der Waals surface area contributed by atoms with Crippen LogP contribution in [0.4, 0.5) is 0 Å². The van der Waals surface area contributed by atoms with E-state index in [2.05, 4.69) is 17.1 Å². The molecule has 3 unspecified atom stereocenters. The quantitative estimate of drug-likeness (QED) is 0.861. The maximum Gasteiger partial charge on any atom is 0.0831 e. The zero-order valence-electron chi connectivity index (χ0n) is 10.2. The lowest BCUT2D eigenvalue weighted by Crippen LogP contribution is -2.42. The Morgan fingerprint density at radius 2 is 2.12 bits per heavy atom. The highest BCUT2D eigenvalue weighted by Gasteiger charge is 2.31. The second-order valence-corrected chi connectivity index (χ2v) is 5.06. The second kappa shape index (κ2) is 5.36. The summed E-state index contributed by atoms with van der Waals surface area (Å²) in [5.74, 6) is 0. The summed E-state index contributed by atoms with van der Waals surface area (Å²) in [7, 11) is 2.04. The van der Waals surface area contributed by atoms with Gasteiger partial charge >= 0.3 is 0 Å². The zero-order chi connectivity index (χ0) is 12.4. The van der Waals surface area contributed by atoms with E-state index in [4.69, 9.17) is 11.6 Å².